The summed E-state index contributed by atoms with van der Waals surface area (Å²) in [5.74, 6) is -2.13. The first-order valence-corrected chi connectivity index (χ1v) is 9.67. The van der Waals surface area contributed by atoms with Crippen molar-refractivity contribution in [3.05, 3.63) is 65.2 Å². The van der Waals surface area contributed by atoms with Gasteiger partial charge in [0.2, 0.25) is 11.8 Å². The van der Waals surface area contributed by atoms with E-state index in [0.717, 1.165) is 18.1 Å². The summed E-state index contributed by atoms with van der Waals surface area (Å²) < 4.78 is 27.4. The molecule has 4 nitrogen and oxygen atoms in total. The van der Waals surface area contributed by atoms with E-state index in [0.29, 0.717) is 43.6 Å². The number of hydrogen-bond donors (Lipinski definition) is 0. The Hall–Kier alpha value is -2.76. The summed E-state index contributed by atoms with van der Waals surface area (Å²) >= 11 is 0. The van der Waals surface area contributed by atoms with Crippen molar-refractivity contribution in [2.75, 3.05) is 18.0 Å². The topological polar surface area (TPSA) is 40.6 Å². The van der Waals surface area contributed by atoms with Crippen molar-refractivity contribution in [1.29, 1.82) is 0 Å². The first-order valence-electron chi connectivity index (χ1n) is 9.67. The van der Waals surface area contributed by atoms with Crippen molar-refractivity contribution in [3.63, 3.8) is 0 Å². The van der Waals surface area contributed by atoms with Crippen molar-refractivity contribution in [2.24, 2.45) is 0 Å². The van der Waals surface area contributed by atoms with E-state index >= 15 is 0 Å². The van der Waals surface area contributed by atoms with Crippen LogP contribution < -0.4 is 4.90 Å². The van der Waals surface area contributed by atoms with Gasteiger partial charge in [0, 0.05) is 24.8 Å². The van der Waals surface area contributed by atoms with E-state index in [1.807, 2.05) is 30.3 Å². The summed E-state index contributed by atoms with van der Waals surface area (Å²) in [6, 6.07) is 11.2. The SMILES string of the molecule is O=C(C1CCCN1C(=O)Cc1ccccc1)N1CCCc2cc(F)c(F)cc21. The summed E-state index contributed by atoms with van der Waals surface area (Å²) in [5, 5.41) is 0. The number of benzene rings is 2. The Balaban J connectivity index is 1.55. The predicted octanol–water partition coefficient (Wildman–Crippen LogP) is 3.48. The van der Waals surface area contributed by atoms with Crippen LogP contribution in [0.2, 0.25) is 0 Å². The first-order chi connectivity index (χ1) is 13.5. The first kappa shape index (κ1) is 18.6. The molecule has 2 aliphatic rings. The lowest BCUT2D eigenvalue weighted by Gasteiger charge is -2.34. The third kappa shape index (κ3) is 3.51. The quantitative estimate of drug-likeness (QED) is 0.813. The molecule has 0 saturated carbocycles. The average molecular weight is 384 g/mol. The average Bonchev–Trinajstić information content (AvgIpc) is 3.19. The molecule has 0 N–H and O–H groups in total. The van der Waals surface area contributed by atoms with E-state index < -0.39 is 17.7 Å². The van der Waals surface area contributed by atoms with E-state index in [1.165, 1.54) is 11.0 Å². The summed E-state index contributed by atoms with van der Waals surface area (Å²) in [5.41, 5.74) is 1.97. The summed E-state index contributed by atoms with van der Waals surface area (Å²) in [6.45, 7) is 0.995. The van der Waals surface area contributed by atoms with Crippen LogP contribution in [0.4, 0.5) is 14.5 Å². The zero-order valence-corrected chi connectivity index (χ0v) is 15.5. The molecule has 0 radical (unpaired) electrons. The number of carbonyl (C=O) groups is 2. The highest BCUT2D eigenvalue weighted by atomic mass is 19.2. The smallest absolute Gasteiger partial charge is 0.249 e. The van der Waals surface area contributed by atoms with Crippen LogP contribution in [0.15, 0.2) is 42.5 Å². The molecule has 2 amide bonds. The van der Waals surface area contributed by atoms with Crippen molar-refractivity contribution < 1.29 is 18.4 Å². The number of nitrogens with zero attached hydrogens (tertiary/aromatic N) is 2. The van der Waals surface area contributed by atoms with Crippen LogP contribution in [0, 0.1) is 11.6 Å². The molecule has 0 aromatic heterocycles. The lowest BCUT2D eigenvalue weighted by molar-refractivity contribution is -0.136. The summed E-state index contributed by atoms with van der Waals surface area (Å²) in [7, 11) is 0. The zero-order chi connectivity index (χ0) is 19.7. The van der Waals surface area contributed by atoms with Crippen molar-refractivity contribution in [2.45, 2.75) is 38.1 Å². The van der Waals surface area contributed by atoms with Gasteiger partial charge < -0.3 is 9.80 Å². The lowest BCUT2D eigenvalue weighted by Crippen LogP contribution is -2.49. The van der Waals surface area contributed by atoms with Gasteiger partial charge in [0.25, 0.3) is 0 Å². The molecule has 1 fully saturated rings. The van der Waals surface area contributed by atoms with Crippen molar-refractivity contribution >= 4 is 17.5 Å². The van der Waals surface area contributed by atoms with Gasteiger partial charge in [-0.2, -0.15) is 0 Å². The van der Waals surface area contributed by atoms with Gasteiger partial charge in [0.15, 0.2) is 11.6 Å². The highest BCUT2D eigenvalue weighted by molar-refractivity contribution is 6.00. The molecule has 146 valence electrons. The van der Waals surface area contributed by atoms with Gasteiger partial charge in [-0.15, -0.1) is 0 Å². The number of carbonyl (C=O) groups excluding carboxylic acids is 2. The molecule has 2 aromatic carbocycles. The van der Waals surface area contributed by atoms with Gasteiger partial charge in [0.1, 0.15) is 6.04 Å². The Labute approximate surface area is 162 Å². The molecule has 0 bridgehead atoms. The van der Waals surface area contributed by atoms with Crippen LogP contribution in [-0.2, 0) is 22.4 Å². The fourth-order valence-electron chi connectivity index (χ4n) is 4.18. The highest BCUT2D eigenvalue weighted by Gasteiger charge is 2.38. The normalized spacial score (nSPS) is 18.9. The van der Waals surface area contributed by atoms with Crippen LogP contribution in [0.5, 0.6) is 0 Å². The maximum absolute atomic E-state index is 13.8. The van der Waals surface area contributed by atoms with Gasteiger partial charge in [-0.3, -0.25) is 9.59 Å². The molecule has 1 unspecified atom stereocenters. The van der Waals surface area contributed by atoms with E-state index in [1.54, 1.807) is 4.90 Å². The van der Waals surface area contributed by atoms with Crippen LogP contribution in [0.1, 0.15) is 30.4 Å². The van der Waals surface area contributed by atoms with E-state index in [9.17, 15) is 18.4 Å². The molecule has 0 spiro atoms. The Morgan fingerprint density at radius 2 is 1.75 bits per heavy atom. The number of amides is 2. The van der Waals surface area contributed by atoms with Gasteiger partial charge >= 0.3 is 0 Å². The van der Waals surface area contributed by atoms with Crippen LogP contribution in [0.3, 0.4) is 0 Å². The molecule has 2 aliphatic heterocycles. The maximum Gasteiger partial charge on any atom is 0.249 e. The minimum atomic E-state index is -0.957. The van der Waals surface area contributed by atoms with Crippen LogP contribution in [0.25, 0.3) is 0 Å². The molecule has 1 atom stereocenters. The molecule has 28 heavy (non-hydrogen) atoms. The molecule has 6 heteroatoms. The fourth-order valence-corrected chi connectivity index (χ4v) is 4.18. The van der Waals surface area contributed by atoms with Gasteiger partial charge in [-0.25, -0.2) is 8.78 Å². The maximum atomic E-state index is 13.8. The number of halogens is 2. The monoisotopic (exact) mass is 384 g/mol. The van der Waals surface area contributed by atoms with Crippen molar-refractivity contribution in [3.8, 4) is 0 Å². The standard InChI is InChI=1S/C22H22F2N2O2/c23-17-13-16-8-4-11-26(20(16)14-18(17)24)22(28)19-9-5-10-25(19)21(27)12-15-6-2-1-3-7-15/h1-3,6-7,13-14,19H,4-5,8-12H2. The summed E-state index contributed by atoms with van der Waals surface area (Å²) in [4.78, 5) is 29.2. The summed E-state index contributed by atoms with van der Waals surface area (Å²) in [6.07, 6.45) is 2.90. The minimum Gasteiger partial charge on any atom is -0.330 e. The largest absolute Gasteiger partial charge is 0.330 e. The second-order valence-electron chi connectivity index (χ2n) is 7.40. The number of rotatable bonds is 3. The van der Waals surface area contributed by atoms with E-state index in [4.69, 9.17) is 0 Å². The number of hydrogen-bond acceptors (Lipinski definition) is 2. The highest BCUT2D eigenvalue weighted by Crippen LogP contribution is 2.32. The molecule has 2 heterocycles. The third-order valence-electron chi connectivity index (χ3n) is 5.56. The Morgan fingerprint density at radius 1 is 1.00 bits per heavy atom. The molecule has 4 rings (SSSR count). The number of aryl methyl sites for hydroxylation is 1. The molecular formula is C22H22F2N2O2. The Morgan fingerprint density at radius 3 is 2.54 bits per heavy atom. The van der Waals surface area contributed by atoms with E-state index in [-0.39, 0.29) is 18.2 Å². The van der Waals surface area contributed by atoms with Gasteiger partial charge in [0.05, 0.1) is 6.42 Å². The van der Waals surface area contributed by atoms with Crippen molar-refractivity contribution in [1.82, 2.24) is 4.90 Å². The molecule has 0 aliphatic carbocycles. The third-order valence-corrected chi connectivity index (χ3v) is 5.56. The van der Waals surface area contributed by atoms with E-state index in [2.05, 4.69) is 0 Å². The molecular weight excluding hydrogens is 362 g/mol. The predicted molar refractivity (Wildman–Crippen MR) is 102 cm³/mol. The second-order valence-corrected chi connectivity index (χ2v) is 7.40. The van der Waals surface area contributed by atoms with Gasteiger partial charge in [-0.05, 0) is 42.9 Å². The minimum absolute atomic E-state index is 0.0791. The second kappa shape index (κ2) is 7.70. The molecule has 1 saturated heterocycles. The van der Waals surface area contributed by atoms with Crippen LogP contribution in [-0.4, -0.2) is 35.8 Å². The Kier molecular flexibility index (Phi) is 5.11. The number of likely N-dealkylation sites (tertiary alicyclic amines) is 1. The van der Waals surface area contributed by atoms with Gasteiger partial charge in [-0.1, -0.05) is 30.3 Å². The fraction of sp³-hybridized carbons (Fsp3) is 0.364. The number of anilines is 1. The lowest BCUT2D eigenvalue weighted by atomic mass is 10.00. The number of fused-ring (bicyclic) bond motifs is 1. The van der Waals surface area contributed by atoms with Crippen LogP contribution >= 0.6 is 0 Å². The molecule has 2 aromatic rings. The zero-order valence-electron chi connectivity index (χ0n) is 15.5. The Bertz CT molecular complexity index is 901.